The third kappa shape index (κ3) is 4.25. The van der Waals surface area contributed by atoms with Crippen LogP contribution in [0.3, 0.4) is 0 Å². The number of tetrazole rings is 1. The average molecular weight is 347 g/mol. The molecule has 0 aliphatic heterocycles. The zero-order valence-electron chi connectivity index (χ0n) is 13.6. The quantitative estimate of drug-likeness (QED) is 0.807. The van der Waals surface area contributed by atoms with Gasteiger partial charge < -0.3 is 10.1 Å². The van der Waals surface area contributed by atoms with E-state index in [1.807, 2.05) is 24.3 Å². The monoisotopic (exact) mass is 347 g/mol. The van der Waals surface area contributed by atoms with Crippen molar-refractivity contribution in [1.82, 2.24) is 25.5 Å². The maximum Gasteiger partial charge on any atom is 0.230 e. The maximum absolute atomic E-state index is 12.1. The first-order valence-corrected chi connectivity index (χ1v) is 9.10. The lowest BCUT2D eigenvalue weighted by molar-refractivity contribution is -0.119. The van der Waals surface area contributed by atoms with Crippen LogP contribution in [-0.4, -0.2) is 45.0 Å². The van der Waals surface area contributed by atoms with Crippen molar-refractivity contribution in [3.05, 3.63) is 24.3 Å². The van der Waals surface area contributed by atoms with Gasteiger partial charge >= 0.3 is 0 Å². The van der Waals surface area contributed by atoms with Gasteiger partial charge in [-0.05, 0) is 47.5 Å². The molecule has 0 bridgehead atoms. The third-order valence-electron chi connectivity index (χ3n) is 4.06. The third-order valence-corrected chi connectivity index (χ3v) is 4.98. The first kappa shape index (κ1) is 16.8. The Morgan fingerprint density at radius 2 is 2.04 bits per heavy atom. The molecule has 2 aromatic rings. The number of amides is 1. The number of hydrogen-bond donors (Lipinski definition) is 1. The summed E-state index contributed by atoms with van der Waals surface area (Å²) in [6.07, 6.45) is 5.85. The number of carbonyl (C=O) groups is 1. The number of nitrogens with zero attached hydrogens (tertiary/aromatic N) is 4. The summed E-state index contributed by atoms with van der Waals surface area (Å²) in [7, 11) is 1.62. The summed E-state index contributed by atoms with van der Waals surface area (Å²) in [5.41, 5.74) is 0.830. The van der Waals surface area contributed by atoms with Gasteiger partial charge in [-0.2, -0.15) is 4.68 Å². The molecule has 7 nitrogen and oxygen atoms in total. The van der Waals surface area contributed by atoms with Gasteiger partial charge in [0.1, 0.15) is 5.75 Å². The normalized spacial score (nSPS) is 15.2. The minimum Gasteiger partial charge on any atom is -0.497 e. The molecule has 1 saturated carbocycles. The lowest BCUT2D eigenvalue weighted by atomic mass is 9.95. The van der Waals surface area contributed by atoms with E-state index in [-0.39, 0.29) is 5.91 Å². The number of rotatable bonds is 6. The highest BCUT2D eigenvalue weighted by atomic mass is 32.2. The van der Waals surface area contributed by atoms with Gasteiger partial charge in [0.05, 0.1) is 18.6 Å². The van der Waals surface area contributed by atoms with Crippen LogP contribution in [0.5, 0.6) is 5.75 Å². The van der Waals surface area contributed by atoms with Crippen molar-refractivity contribution in [2.75, 3.05) is 12.9 Å². The van der Waals surface area contributed by atoms with E-state index in [4.69, 9.17) is 4.74 Å². The minimum atomic E-state index is 0.0381. The first-order chi connectivity index (χ1) is 11.8. The molecule has 1 aliphatic rings. The molecule has 1 aromatic carbocycles. The summed E-state index contributed by atoms with van der Waals surface area (Å²) < 4.78 is 6.77. The zero-order chi connectivity index (χ0) is 16.8. The van der Waals surface area contributed by atoms with Crippen molar-refractivity contribution in [2.24, 2.45) is 0 Å². The number of ether oxygens (including phenoxy) is 1. The lowest BCUT2D eigenvalue weighted by Gasteiger charge is -2.22. The minimum absolute atomic E-state index is 0.0381. The Labute approximate surface area is 145 Å². The van der Waals surface area contributed by atoms with Gasteiger partial charge in [-0.25, -0.2) is 0 Å². The summed E-state index contributed by atoms with van der Waals surface area (Å²) in [5.74, 6) is 1.12. The van der Waals surface area contributed by atoms with Crippen LogP contribution >= 0.6 is 11.8 Å². The maximum atomic E-state index is 12.1. The Morgan fingerprint density at radius 1 is 1.29 bits per heavy atom. The highest BCUT2D eigenvalue weighted by molar-refractivity contribution is 7.99. The van der Waals surface area contributed by atoms with Crippen molar-refractivity contribution in [3.8, 4) is 11.4 Å². The second-order valence-corrected chi connectivity index (χ2v) is 6.70. The summed E-state index contributed by atoms with van der Waals surface area (Å²) in [6.45, 7) is 0. The molecule has 1 fully saturated rings. The number of methoxy groups -OCH3 is 1. The van der Waals surface area contributed by atoms with Crippen molar-refractivity contribution < 1.29 is 9.53 Å². The summed E-state index contributed by atoms with van der Waals surface area (Å²) >= 11 is 1.34. The van der Waals surface area contributed by atoms with E-state index in [1.165, 1.54) is 31.0 Å². The lowest BCUT2D eigenvalue weighted by Crippen LogP contribution is -2.37. The van der Waals surface area contributed by atoms with E-state index in [1.54, 1.807) is 11.8 Å². The van der Waals surface area contributed by atoms with E-state index >= 15 is 0 Å². The number of carbonyl (C=O) groups excluding carboxylic acids is 1. The molecule has 3 rings (SSSR count). The Balaban J connectivity index is 1.57. The van der Waals surface area contributed by atoms with Gasteiger partial charge in [-0.3, -0.25) is 4.79 Å². The average Bonchev–Trinajstić information content (AvgIpc) is 3.09. The van der Waals surface area contributed by atoms with Crippen LogP contribution in [0.1, 0.15) is 32.1 Å². The van der Waals surface area contributed by atoms with Gasteiger partial charge in [-0.1, -0.05) is 31.0 Å². The molecule has 24 heavy (non-hydrogen) atoms. The van der Waals surface area contributed by atoms with Crippen LogP contribution in [0.4, 0.5) is 0 Å². The van der Waals surface area contributed by atoms with E-state index in [0.29, 0.717) is 17.0 Å². The highest BCUT2D eigenvalue weighted by Gasteiger charge is 2.17. The molecule has 1 amide bonds. The molecule has 1 aromatic heterocycles. The predicted octanol–water partition coefficient (Wildman–Crippen LogP) is 2.21. The molecule has 1 heterocycles. The molecule has 1 aliphatic carbocycles. The molecular formula is C16H21N5O2S. The Morgan fingerprint density at radius 3 is 2.75 bits per heavy atom. The summed E-state index contributed by atoms with van der Waals surface area (Å²) in [4.78, 5) is 12.1. The van der Waals surface area contributed by atoms with E-state index in [0.717, 1.165) is 24.3 Å². The van der Waals surface area contributed by atoms with Gasteiger partial charge in [0.25, 0.3) is 0 Å². The SMILES string of the molecule is COc1ccc(-n2nnnc2SCC(=O)NC2CCCCC2)cc1. The molecule has 0 spiro atoms. The van der Waals surface area contributed by atoms with Crippen LogP contribution in [0, 0.1) is 0 Å². The molecule has 0 radical (unpaired) electrons. The van der Waals surface area contributed by atoms with E-state index < -0.39 is 0 Å². The van der Waals surface area contributed by atoms with Gasteiger partial charge in [0.15, 0.2) is 0 Å². The molecule has 128 valence electrons. The van der Waals surface area contributed by atoms with Crippen molar-refractivity contribution >= 4 is 17.7 Å². The fourth-order valence-corrected chi connectivity index (χ4v) is 3.50. The fraction of sp³-hybridized carbons (Fsp3) is 0.500. The van der Waals surface area contributed by atoms with Crippen LogP contribution in [0.15, 0.2) is 29.4 Å². The standard InChI is InChI=1S/C16H21N5O2S/c1-23-14-9-7-13(8-10-14)21-16(18-19-20-21)24-11-15(22)17-12-5-3-2-4-6-12/h7-10,12H,2-6,11H2,1H3,(H,17,22). The van der Waals surface area contributed by atoms with Crippen LogP contribution in [0.2, 0.25) is 0 Å². The van der Waals surface area contributed by atoms with Crippen molar-refractivity contribution in [1.29, 1.82) is 0 Å². The van der Waals surface area contributed by atoms with E-state index in [2.05, 4.69) is 20.8 Å². The zero-order valence-corrected chi connectivity index (χ0v) is 14.5. The smallest absolute Gasteiger partial charge is 0.230 e. The second-order valence-electron chi connectivity index (χ2n) is 5.76. The van der Waals surface area contributed by atoms with Gasteiger partial charge in [0, 0.05) is 6.04 Å². The molecule has 0 saturated heterocycles. The largest absolute Gasteiger partial charge is 0.497 e. The highest BCUT2D eigenvalue weighted by Crippen LogP contribution is 2.21. The Bertz CT molecular complexity index is 667. The summed E-state index contributed by atoms with van der Waals surface area (Å²) in [5, 5.41) is 15.4. The number of nitrogens with one attached hydrogen (secondary N) is 1. The fourth-order valence-electron chi connectivity index (χ4n) is 2.80. The number of benzene rings is 1. The van der Waals surface area contributed by atoms with Crippen LogP contribution < -0.4 is 10.1 Å². The van der Waals surface area contributed by atoms with Crippen molar-refractivity contribution in [3.63, 3.8) is 0 Å². The topological polar surface area (TPSA) is 81.9 Å². The second kappa shape index (κ2) is 8.14. The number of thioether (sulfide) groups is 1. The van der Waals surface area contributed by atoms with Crippen molar-refractivity contribution in [2.45, 2.75) is 43.3 Å². The number of aromatic nitrogens is 4. The molecular weight excluding hydrogens is 326 g/mol. The molecule has 0 atom stereocenters. The molecule has 0 unspecified atom stereocenters. The van der Waals surface area contributed by atoms with Gasteiger partial charge in [0.2, 0.25) is 11.1 Å². The van der Waals surface area contributed by atoms with Gasteiger partial charge in [-0.15, -0.1) is 5.10 Å². The first-order valence-electron chi connectivity index (χ1n) is 8.11. The van der Waals surface area contributed by atoms with E-state index in [9.17, 15) is 4.79 Å². The molecule has 8 heteroatoms. The molecule has 1 N–H and O–H groups in total. The van der Waals surface area contributed by atoms with Crippen LogP contribution in [-0.2, 0) is 4.79 Å². The predicted molar refractivity (Wildman–Crippen MR) is 91.4 cm³/mol. The summed E-state index contributed by atoms with van der Waals surface area (Å²) in [6, 6.07) is 7.77. The van der Waals surface area contributed by atoms with Crippen LogP contribution in [0.25, 0.3) is 5.69 Å². The Kier molecular flexibility index (Phi) is 5.68. The number of hydrogen-bond acceptors (Lipinski definition) is 6. The Hall–Kier alpha value is -2.09.